The van der Waals surface area contributed by atoms with E-state index in [0.29, 0.717) is 25.7 Å². The number of aliphatic hydroxyl groups is 1. The van der Waals surface area contributed by atoms with Crippen molar-refractivity contribution in [3.63, 3.8) is 0 Å². The maximum absolute atomic E-state index is 12.9. The number of aliphatic hydroxyl groups excluding tert-OH is 1. The predicted octanol–water partition coefficient (Wildman–Crippen LogP) is 14.4. The molecule has 0 spiro atoms. The number of phosphoric acid groups is 2. The van der Waals surface area contributed by atoms with Crippen LogP contribution in [-0.2, 0) is 65.4 Å². The van der Waals surface area contributed by atoms with Crippen molar-refractivity contribution in [3.05, 3.63) is 0 Å². The van der Waals surface area contributed by atoms with E-state index in [2.05, 4.69) is 27.7 Å². The summed E-state index contributed by atoms with van der Waals surface area (Å²) in [7, 11) is -9.85. The zero-order valence-electron chi connectivity index (χ0n) is 46.8. The summed E-state index contributed by atoms with van der Waals surface area (Å²) >= 11 is 0. The van der Waals surface area contributed by atoms with Crippen LogP contribution in [0.15, 0.2) is 0 Å². The quantitative estimate of drug-likeness (QED) is 0.0222. The van der Waals surface area contributed by atoms with Crippen molar-refractivity contribution in [3.8, 4) is 0 Å². The van der Waals surface area contributed by atoms with Gasteiger partial charge < -0.3 is 33.8 Å². The van der Waals surface area contributed by atoms with Gasteiger partial charge in [0.1, 0.15) is 19.3 Å². The van der Waals surface area contributed by atoms with E-state index in [-0.39, 0.29) is 25.7 Å². The van der Waals surface area contributed by atoms with Crippen LogP contribution in [-0.4, -0.2) is 96.7 Å². The average molecular weight is 1100 g/mol. The third-order valence-corrected chi connectivity index (χ3v) is 14.5. The van der Waals surface area contributed by atoms with Crippen molar-refractivity contribution in [2.45, 2.75) is 290 Å². The van der Waals surface area contributed by atoms with Gasteiger partial charge in [-0.15, -0.1) is 0 Å². The number of phosphoric ester groups is 2. The van der Waals surface area contributed by atoms with E-state index in [9.17, 15) is 43.2 Å². The number of rotatable bonds is 56. The highest BCUT2D eigenvalue weighted by molar-refractivity contribution is 7.47. The van der Waals surface area contributed by atoms with E-state index in [1.54, 1.807) is 0 Å². The monoisotopic (exact) mass is 1100 g/mol. The Labute approximate surface area is 447 Å². The number of ether oxygens (including phenoxy) is 4. The molecular weight excluding hydrogens is 995 g/mol. The number of hydrogen-bond acceptors (Lipinski definition) is 15. The molecule has 438 valence electrons. The second-order valence-electron chi connectivity index (χ2n) is 20.0. The van der Waals surface area contributed by atoms with Crippen molar-refractivity contribution in [2.24, 2.45) is 0 Å². The van der Waals surface area contributed by atoms with Crippen LogP contribution in [0.5, 0.6) is 0 Å². The Morgan fingerprint density at radius 2 is 0.541 bits per heavy atom. The minimum atomic E-state index is -4.93. The number of carbonyl (C=O) groups excluding carboxylic acids is 4. The highest BCUT2D eigenvalue weighted by atomic mass is 31.2. The summed E-state index contributed by atoms with van der Waals surface area (Å²) in [6, 6.07) is 0. The van der Waals surface area contributed by atoms with Crippen LogP contribution in [0, 0.1) is 0 Å². The van der Waals surface area contributed by atoms with Gasteiger partial charge in [-0.1, -0.05) is 220 Å². The van der Waals surface area contributed by atoms with Crippen LogP contribution in [0.1, 0.15) is 272 Å². The second-order valence-corrected chi connectivity index (χ2v) is 22.9. The first-order valence-corrected chi connectivity index (χ1v) is 32.3. The van der Waals surface area contributed by atoms with E-state index in [4.69, 9.17) is 37.0 Å². The predicted molar refractivity (Wildman–Crippen MR) is 289 cm³/mol. The molecule has 0 aromatic rings. The summed E-state index contributed by atoms with van der Waals surface area (Å²) in [4.78, 5) is 71.3. The van der Waals surface area contributed by atoms with Crippen LogP contribution < -0.4 is 0 Å². The molecule has 0 aromatic carbocycles. The highest BCUT2D eigenvalue weighted by Gasteiger charge is 2.30. The fraction of sp³-hybridized carbons (Fsp3) is 0.927. The average Bonchev–Trinajstić information content (AvgIpc) is 3.37. The lowest BCUT2D eigenvalue weighted by Gasteiger charge is -2.21. The molecule has 0 fully saturated rings. The van der Waals surface area contributed by atoms with Crippen LogP contribution >= 0.6 is 15.6 Å². The van der Waals surface area contributed by atoms with E-state index >= 15 is 0 Å². The first-order chi connectivity index (χ1) is 35.7. The first-order valence-electron chi connectivity index (χ1n) is 29.3. The number of hydrogen-bond donors (Lipinski definition) is 3. The molecule has 74 heavy (non-hydrogen) atoms. The SMILES string of the molecule is CCCCCCCCCCCCCCCCCC(=O)O[C@H](COC(=O)CCCCCCCCC)COP(=O)(O)OC[C@@H](O)COP(=O)(O)OC[C@@H](COC(=O)CCCCCCC)OC(=O)CCCCCCCCC. The lowest BCUT2D eigenvalue weighted by molar-refractivity contribution is -0.161. The van der Waals surface area contributed by atoms with Gasteiger partial charge >= 0.3 is 39.5 Å². The number of esters is 4. The Morgan fingerprint density at radius 3 is 0.797 bits per heavy atom. The lowest BCUT2D eigenvalue weighted by atomic mass is 10.0. The van der Waals surface area contributed by atoms with Gasteiger partial charge in [-0.3, -0.25) is 37.3 Å². The third kappa shape index (κ3) is 49.6. The molecule has 0 heterocycles. The summed E-state index contributed by atoms with van der Waals surface area (Å²) in [6.45, 7) is 4.66. The summed E-state index contributed by atoms with van der Waals surface area (Å²) in [5, 5.41) is 10.4. The van der Waals surface area contributed by atoms with Gasteiger partial charge in [-0.05, 0) is 25.7 Å². The third-order valence-electron chi connectivity index (χ3n) is 12.6. The molecule has 5 atom stereocenters. The fourth-order valence-electron chi connectivity index (χ4n) is 8.04. The molecule has 0 aliphatic heterocycles. The van der Waals surface area contributed by atoms with Crippen LogP contribution in [0.25, 0.3) is 0 Å². The number of unbranched alkanes of at least 4 members (excludes halogenated alkanes) is 30. The molecule has 17 nitrogen and oxygen atoms in total. The summed E-state index contributed by atoms with van der Waals surface area (Å²) in [5.74, 6) is -2.16. The van der Waals surface area contributed by atoms with Crippen molar-refractivity contribution >= 4 is 39.5 Å². The fourth-order valence-corrected chi connectivity index (χ4v) is 9.62. The Kier molecular flexibility index (Phi) is 49.2. The Balaban J connectivity index is 5.10. The van der Waals surface area contributed by atoms with E-state index in [0.717, 1.165) is 122 Å². The molecule has 0 aliphatic carbocycles. The maximum atomic E-state index is 12.9. The van der Waals surface area contributed by atoms with E-state index in [1.165, 1.54) is 70.6 Å². The van der Waals surface area contributed by atoms with Crippen LogP contribution in [0.3, 0.4) is 0 Å². The zero-order chi connectivity index (χ0) is 54.8. The van der Waals surface area contributed by atoms with Crippen LogP contribution in [0.2, 0.25) is 0 Å². The molecule has 0 aromatic heterocycles. The van der Waals surface area contributed by atoms with Gasteiger partial charge in [0.15, 0.2) is 12.2 Å². The molecule has 0 saturated carbocycles. The molecule has 0 amide bonds. The molecule has 0 aliphatic rings. The van der Waals surface area contributed by atoms with Gasteiger partial charge in [0.05, 0.1) is 26.4 Å². The Morgan fingerprint density at radius 1 is 0.324 bits per heavy atom. The molecular formula is C55H106O17P2. The highest BCUT2D eigenvalue weighted by Crippen LogP contribution is 2.45. The van der Waals surface area contributed by atoms with Gasteiger partial charge in [0.25, 0.3) is 0 Å². The van der Waals surface area contributed by atoms with Gasteiger partial charge in [-0.25, -0.2) is 9.13 Å². The molecule has 3 N–H and O–H groups in total. The topological polar surface area (TPSA) is 237 Å². The standard InChI is InChI=1S/C55H106O17P2/c1-5-9-13-17-20-21-22-23-24-25-26-27-30-34-38-42-55(60)72-51(46-66-53(58)40-36-32-28-18-14-10-6-2)48-70-74(63,64)68-44-49(56)43-67-73(61,62)69-47-50(45-65-52(57)39-35-31-16-12-8-4)71-54(59)41-37-33-29-19-15-11-7-3/h49-51,56H,5-48H2,1-4H3,(H,61,62)(H,63,64)/t49-,50+,51+/m0/s1. The molecule has 0 radical (unpaired) electrons. The first kappa shape index (κ1) is 72.1. The van der Waals surface area contributed by atoms with Gasteiger partial charge in [-0.2, -0.15) is 0 Å². The van der Waals surface area contributed by atoms with E-state index < -0.39 is 97.5 Å². The summed E-state index contributed by atoms with van der Waals surface area (Å²) < 4.78 is 67.2. The maximum Gasteiger partial charge on any atom is 0.472 e. The normalized spacial score (nSPS) is 14.4. The Bertz CT molecular complexity index is 1450. The molecule has 0 bridgehead atoms. The Hall–Kier alpha value is -1.94. The minimum absolute atomic E-state index is 0.103. The van der Waals surface area contributed by atoms with E-state index in [1.807, 2.05) is 0 Å². The molecule has 2 unspecified atom stereocenters. The molecule has 0 rings (SSSR count). The summed E-state index contributed by atoms with van der Waals surface area (Å²) in [5.41, 5.74) is 0. The van der Waals surface area contributed by atoms with Crippen molar-refractivity contribution in [1.82, 2.24) is 0 Å². The van der Waals surface area contributed by atoms with Crippen molar-refractivity contribution in [2.75, 3.05) is 39.6 Å². The van der Waals surface area contributed by atoms with Crippen molar-refractivity contribution < 1.29 is 80.2 Å². The molecule has 19 heteroatoms. The van der Waals surface area contributed by atoms with Crippen molar-refractivity contribution in [1.29, 1.82) is 0 Å². The zero-order valence-corrected chi connectivity index (χ0v) is 48.6. The largest absolute Gasteiger partial charge is 0.472 e. The molecule has 0 saturated heterocycles. The second kappa shape index (κ2) is 50.6. The van der Waals surface area contributed by atoms with Crippen LogP contribution in [0.4, 0.5) is 0 Å². The smallest absolute Gasteiger partial charge is 0.462 e. The lowest BCUT2D eigenvalue weighted by Crippen LogP contribution is -2.30. The van der Waals surface area contributed by atoms with Gasteiger partial charge in [0.2, 0.25) is 0 Å². The summed E-state index contributed by atoms with van der Waals surface area (Å²) in [6.07, 6.45) is 32.7. The van der Waals surface area contributed by atoms with Gasteiger partial charge in [0, 0.05) is 25.7 Å². The minimum Gasteiger partial charge on any atom is -0.462 e. The number of carbonyl (C=O) groups is 4.